The average Bonchev–Trinajstić information content (AvgIpc) is 3.44. The molecule has 190 valence electrons. The van der Waals surface area contributed by atoms with Crippen LogP contribution in [0.4, 0.5) is 0 Å². The van der Waals surface area contributed by atoms with Crippen molar-refractivity contribution in [2.24, 2.45) is 0 Å². The highest BCUT2D eigenvalue weighted by molar-refractivity contribution is 6.42. The van der Waals surface area contributed by atoms with Crippen LogP contribution in [0, 0.1) is 0 Å². The number of aromatic nitrogens is 2. The maximum absolute atomic E-state index is 13.6. The minimum atomic E-state index is -0.524. The molecule has 0 saturated carbocycles. The lowest BCUT2D eigenvalue weighted by molar-refractivity contribution is 0.0746. The Morgan fingerprint density at radius 2 is 1.76 bits per heavy atom. The predicted molar refractivity (Wildman–Crippen MR) is 143 cm³/mol. The van der Waals surface area contributed by atoms with E-state index in [0.29, 0.717) is 62.0 Å². The number of nitrogens with one attached hydrogen (secondary N) is 1. The summed E-state index contributed by atoms with van der Waals surface area (Å²) in [5, 5.41) is 19.1. The third kappa shape index (κ3) is 4.59. The van der Waals surface area contributed by atoms with Crippen molar-refractivity contribution in [3.05, 3.63) is 92.0 Å². The molecule has 1 aliphatic rings. The quantitative estimate of drug-likeness (QED) is 0.269. The molecule has 0 radical (unpaired) electrons. The zero-order valence-corrected chi connectivity index (χ0v) is 22.2. The SMILES string of the molecule is COc1ccc(CCN2C(=O)c3[nH]nc(-c4cc(Cl)ccc4O)c3C2c2ccc(Cl)c(Cl)c2)cc1OC. The van der Waals surface area contributed by atoms with Gasteiger partial charge in [0.1, 0.15) is 17.1 Å². The number of aromatic amines is 1. The van der Waals surface area contributed by atoms with Crippen LogP contribution in [-0.2, 0) is 6.42 Å². The molecule has 0 spiro atoms. The van der Waals surface area contributed by atoms with Crippen LogP contribution in [0.1, 0.15) is 33.2 Å². The van der Waals surface area contributed by atoms with E-state index in [-0.39, 0.29) is 11.7 Å². The van der Waals surface area contributed by atoms with E-state index in [9.17, 15) is 9.90 Å². The van der Waals surface area contributed by atoms with Gasteiger partial charge >= 0.3 is 0 Å². The van der Waals surface area contributed by atoms with Gasteiger partial charge in [0.25, 0.3) is 5.91 Å². The number of phenolic OH excluding ortho intramolecular Hbond substituents is 1. The number of benzene rings is 3. The summed E-state index contributed by atoms with van der Waals surface area (Å²) >= 11 is 18.8. The monoisotopic (exact) mass is 557 g/mol. The first kappa shape index (κ1) is 25.3. The van der Waals surface area contributed by atoms with Gasteiger partial charge in [-0.15, -0.1) is 0 Å². The summed E-state index contributed by atoms with van der Waals surface area (Å²) in [6.45, 7) is 0.392. The van der Waals surface area contributed by atoms with Crippen LogP contribution >= 0.6 is 34.8 Å². The molecule has 0 saturated heterocycles. The van der Waals surface area contributed by atoms with E-state index in [4.69, 9.17) is 44.3 Å². The molecule has 2 heterocycles. The Balaban J connectivity index is 1.57. The number of hydrogen-bond donors (Lipinski definition) is 2. The van der Waals surface area contributed by atoms with Crippen molar-refractivity contribution in [3.63, 3.8) is 0 Å². The number of fused-ring (bicyclic) bond motifs is 1. The minimum Gasteiger partial charge on any atom is -0.507 e. The zero-order valence-electron chi connectivity index (χ0n) is 19.9. The lowest BCUT2D eigenvalue weighted by atomic mass is 9.95. The van der Waals surface area contributed by atoms with Crippen molar-refractivity contribution in [3.8, 4) is 28.5 Å². The maximum atomic E-state index is 13.6. The third-order valence-electron chi connectivity index (χ3n) is 6.43. The van der Waals surface area contributed by atoms with Crippen molar-refractivity contribution >= 4 is 40.7 Å². The fraction of sp³-hybridized carbons (Fsp3) is 0.185. The molecule has 1 unspecified atom stereocenters. The molecular formula is C27H22Cl3N3O4. The molecular weight excluding hydrogens is 537 g/mol. The summed E-state index contributed by atoms with van der Waals surface area (Å²) in [5.41, 5.74) is 3.57. The lowest BCUT2D eigenvalue weighted by Gasteiger charge is -2.27. The van der Waals surface area contributed by atoms with Crippen molar-refractivity contribution in [1.82, 2.24) is 15.1 Å². The zero-order chi connectivity index (χ0) is 26.3. The number of aromatic hydroxyl groups is 1. The number of halogens is 3. The Bertz CT molecular complexity index is 1500. The van der Waals surface area contributed by atoms with Crippen LogP contribution in [0.5, 0.6) is 17.2 Å². The summed E-state index contributed by atoms with van der Waals surface area (Å²) in [6, 6.07) is 15.1. The second-order valence-corrected chi connectivity index (χ2v) is 9.79. The van der Waals surface area contributed by atoms with E-state index in [2.05, 4.69) is 10.2 Å². The Kier molecular flexibility index (Phi) is 6.94. The molecule has 5 rings (SSSR count). The van der Waals surface area contributed by atoms with Crippen LogP contribution in [-0.4, -0.2) is 46.9 Å². The highest BCUT2D eigenvalue weighted by Gasteiger charge is 2.42. The average molecular weight is 559 g/mol. The molecule has 1 amide bonds. The molecule has 4 aromatic rings. The summed E-state index contributed by atoms with van der Waals surface area (Å²) in [4.78, 5) is 15.4. The van der Waals surface area contributed by atoms with E-state index in [1.807, 2.05) is 24.3 Å². The van der Waals surface area contributed by atoms with Crippen LogP contribution in [0.25, 0.3) is 11.3 Å². The number of amides is 1. The highest BCUT2D eigenvalue weighted by atomic mass is 35.5. The van der Waals surface area contributed by atoms with Crippen LogP contribution in [0.2, 0.25) is 15.1 Å². The molecule has 10 heteroatoms. The van der Waals surface area contributed by atoms with Gasteiger partial charge in [0.15, 0.2) is 11.5 Å². The molecule has 7 nitrogen and oxygen atoms in total. The molecule has 1 aliphatic heterocycles. The Morgan fingerprint density at radius 3 is 2.49 bits per heavy atom. The number of hydrogen-bond acceptors (Lipinski definition) is 5. The molecule has 0 fully saturated rings. The molecule has 2 N–H and O–H groups in total. The molecule has 1 aromatic heterocycles. The summed E-state index contributed by atoms with van der Waals surface area (Å²) in [7, 11) is 3.16. The van der Waals surface area contributed by atoms with Crippen molar-refractivity contribution < 1.29 is 19.4 Å². The second-order valence-electron chi connectivity index (χ2n) is 8.54. The highest BCUT2D eigenvalue weighted by Crippen LogP contribution is 2.45. The van der Waals surface area contributed by atoms with Gasteiger partial charge in [-0.2, -0.15) is 5.10 Å². The van der Waals surface area contributed by atoms with Gasteiger partial charge in [-0.1, -0.05) is 46.9 Å². The molecule has 3 aromatic carbocycles. The summed E-state index contributed by atoms with van der Waals surface area (Å²) in [5.74, 6) is 1.03. The maximum Gasteiger partial charge on any atom is 0.273 e. The summed E-state index contributed by atoms with van der Waals surface area (Å²) < 4.78 is 10.8. The third-order valence-corrected chi connectivity index (χ3v) is 7.40. The normalized spacial score (nSPS) is 14.7. The standard InChI is InChI=1S/C27H22Cl3N3O4/c1-36-21-8-3-14(11-22(21)37-2)9-10-33-26(15-4-6-18(29)19(30)12-15)23-24(31-32-25(23)27(33)35)17-13-16(28)5-7-20(17)34/h3-8,11-13,26,34H,9-10H2,1-2H3,(H,31,32). The lowest BCUT2D eigenvalue weighted by Crippen LogP contribution is -2.31. The number of carbonyl (C=O) groups excluding carboxylic acids is 1. The smallest absolute Gasteiger partial charge is 0.273 e. The van der Waals surface area contributed by atoms with Gasteiger partial charge in [0.05, 0.1) is 30.3 Å². The van der Waals surface area contributed by atoms with Crippen LogP contribution in [0.3, 0.4) is 0 Å². The van der Waals surface area contributed by atoms with Crippen molar-refractivity contribution in [2.75, 3.05) is 20.8 Å². The predicted octanol–water partition coefficient (Wildman–Crippen LogP) is 6.55. The van der Waals surface area contributed by atoms with E-state index in [1.165, 1.54) is 6.07 Å². The number of methoxy groups -OCH3 is 2. The Labute approximate surface area is 228 Å². The fourth-order valence-electron chi connectivity index (χ4n) is 4.65. The minimum absolute atomic E-state index is 0.00261. The van der Waals surface area contributed by atoms with E-state index in [0.717, 1.165) is 11.1 Å². The van der Waals surface area contributed by atoms with Gasteiger partial charge < -0.3 is 19.5 Å². The van der Waals surface area contributed by atoms with E-state index < -0.39 is 6.04 Å². The summed E-state index contributed by atoms with van der Waals surface area (Å²) in [6.07, 6.45) is 0.555. The number of rotatable bonds is 7. The Morgan fingerprint density at radius 1 is 0.973 bits per heavy atom. The molecule has 0 aliphatic carbocycles. The van der Waals surface area contributed by atoms with Gasteiger partial charge in [-0.25, -0.2) is 0 Å². The topological polar surface area (TPSA) is 87.7 Å². The van der Waals surface area contributed by atoms with Gasteiger partial charge in [0.2, 0.25) is 0 Å². The number of ether oxygens (including phenoxy) is 2. The van der Waals surface area contributed by atoms with Gasteiger partial charge in [-0.3, -0.25) is 9.89 Å². The van der Waals surface area contributed by atoms with Crippen LogP contribution < -0.4 is 9.47 Å². The second kappa shape index (κ2) is 10.2. The van der Waals surface area contributed by atoms with E-state index >= 15 is 0 Å². The molecule has 37 heavy (non-hydrogen) atoms. The van der Waals surface area contributed by atoms with Crippen LogP contribution in [0.15, 0.2) is 54.6 Å². The van der Waals surface area contributed by atoms with Gasteiger partial charge in [-0.05, 0) is 60.0 Å². The first-order chi connectivity index (χ1) is 17.8. The number of H-pyrrole nitrogens is 1. The number of phenols is 1. The molecule has 1 atom stereocenters. The first-order valence-electron chi connectivity index (χ1n) is 11.4. The first-order valence-corrected chi connectivity index (χ1v) is 12.5. The van der Waals surface area contributed by atoms with Crippen molar-refractivity contribution in [1.29, 1.82) is 0 Å². The van der Waals surface area contributed by atoms with Gasteiger partial charge in [0, 0.05) is 22.7 Å². The van der Waals surface area contributed by atoms with Crippen molar-refractivity contribution in [2.45, 2.75) is 12.5 Å². The number of nitrogens with zero attached hydrogens (tertiary/aromatic N) is 2. The van der Waals surface area contributed by atoms with E-state index in [1.54, 1.807) is 43.4 Å². The Hall–Kier alpha value is -3.39. The fourth-order valence-corrected chi connectivity index (χ4v) is 5.12. The largest absolute Gasteiger partial charge is 0.507 e. The number of carbonyl (C=O) groups is 1. The molecule has 0 bridgehead atoms.